The highest BCUT2D eigenvalue weighted by Gasteiger charge is 2.29. The number of amides is 1. The van der Waals surface area contributed by atoms with Gasteiger partial charge in [0.2, 0.25) is 17.7 Å². The average Bonchev–Trinajstić information content (AvgIpc) is 3.41. The van der Waals surface area contributed by atoms with Crippen LogP contribution in [0.2, 0.25) is 0 Å². The first-order valence-corrected chi connectivity index (χ1v) is 14.6. The molecule has 41 heavy (non-hydrogen) atoms. The standard InChI is InChI=1S/C29H36F2N6O4/c30-26(31)27-33-22-6-1-2-7-23(22)37(27)24-17-25(35-29(34-24)36-12-15-39-16-13-36)41-20-10-8-19(9-11-20)28(38)32-18-21-5-3-4-14-40-21/h1-2,6-7,17,19-21,26H,3-5,8-16,18H2,(H,32,38). The topological polar surface area (TPSA) is 104 Å². The van der Waals surface area contributed by atoms with Crippen LogP contribution in [0.4, 0.5) is 14.7 Å². The highest BCUT2D eigenvalue weighted by molar-refractivity contribution is 5.79. The lowest BCUT2D eigenvalue weighted by atomic mass is 9.86. The van der Waals surface area contributed by atoms with E-state index in [1.54, 1.807) is 30.3 Å². The fraction of sp³-hybridized carbons (Fsp3) is 0.586. The number of imidazole rings is 1. The summed E-state index contributed by atoms with van der Waals surface area (Å²) >= 11 is 0. The van der Waals surface area contributed by atoms with Gasteiger partial charge in [-0.15, -0.1) is 0 Å². The van der Waals surface area contributed by atoms with E-state index in [-0.39, 0.29) is 35.7 Å². The molecule has 3 fully saturated rings. The number of aromatic nitrogens is 4. The van der Waals surface area contributed by atoms with Gasteiger partial charge in [-0.05, 0) is 57.1 Å². The Balaban J connectivity index is 1.19. The highest BCUT2D eigenvalue weighted by atomic mass is 19.3. The lowest BCUT2D eigenvalue weighted by Crippen LogP contribution is -2.40. The Labute approximate surface area is 237 Å². The molecule has 2 aliphatic heterocycles. The van der Waals surface area contributed by atoms with Crippen LogP contribution in [0.3, 0.4) is 0 Å². The van der Waals surface area contributed by atoms with Gasteiger partial charge in [-0.2, -0.15) is 9.97 Å². The Kier molecular flexibility index (Phi) is 8.56. The zero-order chi connectivity index (χ0) is 28.2. The molecule has 1 aliphatic carbocycles. The molecular weight excluding hydrogens is 534 g/mol. The van der Waals surface area contributed by atoms with E-state index in [4.69, 9.17) is 14.2 Å². The first kappa shape index (κ1) is 27.8. The van der Waals surface area contributed by atoms with Crippen LogP contribution in [0.15, 0.2) is 30.3 Å². The Morgan fingerprint density at radius 2 is 1.83 bits per heavy atom. The van der Waals surface area contributed by atoms with Crippen molar-refractivity contribution in [3.05, 3.63) is 36.2 Å². The number of carbonyl (C=O) groups excluding carboxylic acids is 1. The lowest BCUT2D eigenvalue weighted by molar-refractivity contribution is -0.127. The molecule has 3 aromatic rings. The summed E-state index contributed by atoms with van der Waals surface area (Å²) in [6.07, 6.45) is 3.19. The summed E-state index contributed by atoms with van der Waals surface area (Å²) in [5.41, 5.74) is 0.994. The monoisotopic (exact) mass is 570 g/mol. The van der Waals surface area contributed by atoms with E-state index in [1.165, 1.54) is 4.57 Å². The van der Waals surface area contributed by atoms with Crippen molar-refractivity contribution in [2.24, 2.45) is 5.92 Å². The van der Waals surface area contributed by atoms with Gasteiger partial charge in [0.1, 0.15) is 11.9 Å². The maximum atomic E-state index is 14.1. The van der Waals surface area contributed by atoms with E-state index in [2.05, 4.69) is 20.3 Å². The van der Waals surface area contributed by atoms with Crippen molar-refractivity contribution in [3.8, 4) is 11.7 Å². The van der Waals surface area contributed by atoms with E-state index < -0.39 is 6.43 Å². The summed E-state index contributed by atoms with van der Waals surface area (Å²) < 4.78 is 47.2. The van der Waals surface area contributed by atoms with Crippen LogP contribution in [0.5, 0.6) is 5.88 Å². The molecule has 1 unspecified atom stereocenters. The number of fused-ring (bicyclic) bond motifs is 1. The molecule has 1 saturated carbocycles. The molecule has 0 bridgehead atoms. The molecule has 3 aliphatic rings. The molecule has 6 rings (SSSR count). The smallest absolute Gasteiger partial charge is 0.296 e. The van der Waals surface area contributed by atoms with E-state index in [0.29, 0.717) is 81.4 Å². The first-order valence-electron chi connectivity index (χ1n) is 14.6. The molecular formula is C29H36F2N6O4. The molecule has 1 amide bonds. The van der Waals surface area contributed by atoms with Crippen LogP contribution in [-0.2, 0) is 14.3 Å². The second kappa shape index (κ2) is 12.6. The third-order valence-electron chi connectivity index (χ3n) is 8.09. The SMILES string of the molecule is O=C(NCC1CCCCO1)C1CCC(Oc2cc(-n3c(C(F)F)nc4ccccc43)nc(N3CCOCC3)n2)CC1. The van der Waals surface area contributed by atoms with E-state index in [0.717, 1.165) is 25.9 Å². The van der Waals surface area contributed by atoms with Crippen molar-refractivity contribution in [3.63, 3.8) is 0 Å². The van der Waals surface area contributed by atoms with Crippen LogP contribution in [0.1, 0.15) is 57.2 Å². The zero-order valence-electron chi connectivity index (χ0n) is 23.0. The zero-order valence-corrected chi connectivity index (χ0v) is 23.0. The molecule has 2 aromatic heterocycles. The van der Waals surface area contributed by atoms with Gasteiger partial charge in [0, 0.05) is 38.2 Å². The van der Waals surface area contributed by atoms with Crippen molar-refractivity contribution in [2.75, 3.05) is 44.4 Å². The van der Waals surface area contributed by atoms with Gasteiger partial charge in [0.15, 0.2) is 5.82 Å². The number of anilines is 1. The fourth-order valence-corrected chi connectivity index (χ4v) is 5.85. The summed E-state index contributed by atoms with van der Waals surface area (Å²) in [5, 5.41) is 3.07. The van der Waals surface area contributed by atoms with Crippen molar-refractivity contribution < 1.29 is 27.8 Å². The molecule has 2 saturated heterocycles. The number of halogens is 2. The van der Waals surface area contributed by atoms with Crippen LogP contribution < -0.4 is 15.0 Å². The number of morpholine rings is 1. The van der Waals surface area contributed by atoms with Gasteiger partial charge in [-0.1, -0.05) is 12.1 Å². The minimum absolute atomic E-state index is 0.0609. The van der Waals surface area contributed by atoms with Crippen LogP contribution in [0, 0.1) is 5.92 Å². The second-order valence-electron chi connectivity index (χ2n) is 10.9. The molecule has 10 nitrogen and oxygen atoms in total. The Morgan fingerprint density at radius 3 is 2.59 bits per heavy atom. The lowest BCUT2D eigenvalue weighted by Gasteiger charge is -2.30. The average molecular weight is 571 g/mol. The fourth-order valence-electron chi connectivity index (χ4n) is 5.85. The van der Waals surface area contributed by atoms with E-state index in [1.807, 2.05) is 4.90 Å². The highest BCUT2D eigenvalue weighted by Crippen LogP contribution is 2.32. The quantitative estimate of drug-likeness (QED) is 0.430. The number of nitrogens with zero attached hydrogens (tertiary/aromatic N) is 5. The Bertz CT molecular complexity index is 1330. The van der Waals surface area contributed by atoms with Crippen LogP contribution >= 0.6 is 0 Å². The van der Waals surface area contributed by atoms with Gasteiger partial charge < -0.3 is 24.4 Å². The van der Waals surface area contributed by atoms with Gasteiger partial charge in [-0.3, -0.25) is 9.36 Å². The number of carbonyl (C=O) groups is 1. The number of alkyl halides is 2. The van der Waals surface area contributed by atoms with E-state index >= 15 is 0 Å². The summed E-state index contributed by atoms with van der Waals surface area (Å²) in [4.78, 5) is 28.3. The summed E-state index contributed by atoms with van der Waals surface area (Å²) in [6, 6.07) is 8.61. The summed E-state index contributed by atoms with van der Waals surface area (Å²) in [6.45, 7) is 3.55. The number of benzene rings is 1. The predicted octanol–water partition coefficient (Wildman–Crippen LogP) is 4.21. The largest absolute Gasteiger partial charge is 0.474 e. The third-order valence-corrected chi connectivity index (χ3v) is 8.09. The third kappa shape index (κ3) is 6.43. The molecule has 1 aromatic carbocycles. The minimum Gasteiger partial charge on any atom is -0.474 e. The van der Waals surface area contributed by atoms with E-state index in [9.17, 15) is 13.6 Å². The maximum absolute atomic E-state index is 14.1. The van der Waals surface area contributed by atoms with Crippen LogP contribution in [-0.4, -0.2) is 77.1 Å². The molecule has 4 heterocycles. The van der Waals surface area contributed by atoms with Crippen molar-refractivity contribution in [1.82, 2.24) is 24.8 Å². The molecule has 220 valence electrons. The molecule has 0 spiro atoms. The van der Waals surface area contributed by atoms with Crippen molar-refractivity contribution in [2.45, 2.75) is 63.6 Å². The van der Waals surface area contributed by atoms with Crippen molar-refractivity contribution in [1.29, 1.82) is 0 Å². The van der Waals surface area contributed by atoms with Gasteiger partial charge in [-0.25, -0.2) is 13.8 Å². The van der Waals surface area contributed by atoms with Gasteiger partial charge >= 0.3 is 0 Å². The Hall–Kier alpha value is -3.38. The van der Waals surface area contributed by atoms with Crippen LogP contribution in [0.25, 0.3) is 16.9 Å². The predicted molar refractivity (Wildman–Crippen MR) is 148 cm³/mol. The maximum Gasteiger partial charge on any atom is 0.296 e. The minimum atomic E-state index is -2.79. The Morgan fingerprint density at radius 1 is 1.02 bits per heavy atom. The number of ether oxygens (including phenoxy) is 3. The summed E-state index contributed by atoms with van der Waals surface area (Å²) in [5.74, 6) is 0.623. The van der Waals surface area contributed by atoms with Gasteiger partial charge in [0.05, 0.1) is 30.4 Å². The normalized spacial score (nSPS) is 23.6. The molecule has 1 atom stereocenters. The first-order chi connectivity index (χ1) is 20.0. The number of nitrogens with one attached hydrogen (secondary N) is 1. The second-order valence-corrected chi connectivity index (χ2v) is 10.9. The number of hydrogen-bond acceptors (Lipinski definition) is 8. The number of para-hydroxylation sites is 2. The summed E-state index contributed by atoms with van der Waals surface area (Å²) in [7, 11) is 0. The van der Waals surface area contributed by atoms with Crippen molar-refractivity contribution >= 4 is 22.9 Å². The van der Waals surface area contributed by atoms with Gasteiger partial charge in [0.25, 0.3) is 6.43 Å². The molecule has 1 N–H and O–H groups in total. The number of hydrogen-bond donors (Lipinski definition) is 1. The number of rotatable bonds is 8. The molecule has 12 heteroatoms. The molecule has 0 radical (unpaired) electrons.